The van der Waals surface area contributed by atoms with Gasteiger partial charge in [0.25, 0.3) is 5.91 Å². The topological polar surface area (TPSA) is 107 Å². The molecule has 0 unspecified atom stereocenters. The van der Waals surface area contributed by atoms with Crippen molar-refractivity contribution in [1.29, 1.82) is 5.26 Å². The van der Waals surface area contributed by atoms with E-state index in [4.69, 9.17) is 30.5 Å². The van der Waals surface area contributed by atoms with E-state index in [0.29, 0.717) is 17.0 Å². The van der Waals surface area contributed by atoms with Crippen LogP contribution in [0.2, 0.25) is 5.02 Å². The number of anilines is 1. The highest BCUT2D eigenvalue weighted by Crippen LogP contribution is 2.37. The third kappa shape index (κ3) is 6.66. The zero-order chi connectivity index (χ0) is 22.8. The normalized spacial score (nSPS) is 10.6. The highest BCUT2D eigenvalue weighted by atomic mass is 35.5. The fraction of sp³-hybridized carbons (Fsp3) is 0.227. The largest absolute Gasteiger partial charge is 0.497 e. The third-order valence-corrected chi connectivity index (χ3v) is 4.20. The van der Waals surface area contributed by atoms with Crippen LogP contribution < -0.4 is 19.5 Å². The van der Waals surface area contributed by atoms with E-state index < -0.39 is 11.9 Å². The second kappa shape index (κ2) is 11.5. The van der Waals surface area contributed by atoms with Crippen LogP contribution in [-0.2, 0) is 14.3 Å². The number of nitrogens with one attached hydrogen (secondary N) is 1. The number of amides is 1. The molecule has 31 heavy (non-hydrogen) atoms. The van der Waals surface area contributed by atoms with Gasteiger partial charge in [-0.1, -0.05) is 11.6 Å². The van der Waals surface area contributed by atoms with E-state index in [9.17, 15) is 14.9 Å². The summed E-state index contributed by atoms with van der Waals surface area (Å²) < 4.78 is 20.5. The molecule has 9 heteroatoms. The van der Waals surface area contributed by atoms with Gasteiger partial charge in [0.05, 0.1) is 25.8 Å². The minimum Gasteiger partial charge on any atom is -0.497 e. The van der Waals surface area contributed by atoms with Gasteiger partial charge in [-0.25, -0.2) is 4.79 Å². The van der Waals surface area contributed by atoms with Crippen LogP contribution in [0.4, 0.5) is 5.69 Å². The van der Waals surface area contributed by atoms with Crippen LogP contribution in [0.25, 0.3) is 6.08 Å². The lowest BCUT2D eigenvalue weighted by Crippen LogP contribution is -2.15. The van der Waals surface area contributed by atoms with E-state index in [-0.39, 0.29) is 35.3 Å². The molecule has 2 aromatic carbocycles. The number of methoxy groups -OCH3 is 2. The Hall–Kier alpha value is -3.70. The first-order valence-electron chi connectivity index (χ1n) is 9.15. The predicted octanol–water partition coefficient (Wildman–Crippen LogP) is 3.84. The Balaban J connectivity index is 2.22. The molecule has 0 spiro atoms. The lowest BCUT2D eigenvalue weighted by Gasteiger charge is -2.13. The molecule has 0 aliphatic carbocycles. The van der Waals surface area contributed by atoms with Crippen LogP contribution in [0.3, 0.4) is 0 Å². The Bertz CT molecular complexity index is 1010. The first-order chi connectivity index (χ1) is 14.9. The van der Waals surface area contributed by atoms with E-state index in [0.717, 1.165) is 0 Å². The van der Waals surface area contributed by atoms with E-state index >= 15 is 0 Å². The van der Waals surface area contributed by atoms with Gasteiger partial charge in [-0.05, 0) is 55.0 Å². The number of hydrogen-bond donors (Lipinski definition) is 1. The van der Waals surface area contributed by atoms with Crippen LogP contribution in [-0.4, -0.2) is 39.3 Å². The summed E-state index contributed by atoms with van der Waals surface area (Å²) in [6, 6.07) is 11.6. The van der Waals surface area contributed by atoms with Crippen LogP contribution >= 0.6 is 11.6 Å². The number of benzene rings is 2. The first kappa shape index (κ1) is 23.6. The van der Waals surface area contributed by atoms with Crippen LogP contribution in [0, 0.1) is 11.3 Å². The molecule has 0 radical (unpaired) electrons. The predicted molar refractivity (Wildman–Crippen MR) is 115 cm³/mol. The van der Waals surface area contributed by atoms with Crippen LogP contribution in [0.1, 0.15) is 12.5 Å². The SMILES string of the molecule is CCOC(=O)COc1c(Cl)cc(/C=C(/C#N)C(=O)Nc2ccc(OC)cc2)cc1OC. The number of esters is 1. The van der Waals surface area contributed by atoms with Crippen molar-refractivity contribution < 1.29 is 28.5 Å². The molecule has 8 nitrogen and oxygen atoms in total. The number of carbonyl (C=O) groups excluding carboxylic acids is 2. The summed E-state index contributed by atoms with van der Waals surface area (Å²) in [5.41, 5.74) is 0.797. The fourth-order valence-electron chi connectivity index (χ4n) is 2.48. The molecule has 1 amide bonds. The molecule has 2 rings (SSSR count). The van der Waals surface area contributed by atoms with Gasteiger partial charge in [0.1, 0.15) is 17.4 Å². The maximum absolute atomic E-state index is 12.5. The summed E-state index contributed by atoms with van der Waals surface area (Å²) >= 11 is 6.26. The van der Waals surface area contributed by atoms with Gasteiger partial charge < -0.3 is 24.3 Å². The summed E-state index contributed by atoms with van der Waals surface area (Å²) in [6.45, 7) is 1.57. The highest BCUT2D eigenvalue weighted by molar-refractivity contribution is 6.32. The number of carbonyl (C=O) groups is 2. The minimum atomic E-state index is -0.592. The van der Waals surface area contributed by atoms with Crippen LogP contribution in [0.15, 0.2) is 42.0 Å². The number of nitrogens with zero attached hydrogens (tertiary/aromatic N) is 1. The summed E-state index contributed by atoms with van der Waals surface area (Å²) in [5.74, 6) is -0.121. The Morgan fingerprint density at radius 2 is 1.87 bits per heavy atom. The van der Waals surface area contributed by atoms with Crippen molar-refractivity contribution in [2.24, 2.45) is 0 Å². The number of nitriles is 1. The van der Waals surface area contributed by atoms with Crippen molar-refractivity contribution in [2.75, 3.05) is 32.8 Å². The van der Waals surface area contributed by atoms with E-state index in [1.165, 1.54) is 32.4 Å². The van der Waals surface area contributed by atoms with Crippen molar-refractivity contribution in [3.05, 3.63) is 52.6 Å². The molecule has 1 N–H and O–H groups in total. The fourth-order valence-corrected chi connectivity index (χ4v) is 2.76. The lowest BCUT2D eigenvalue weighted by atomic mass is 10.1. The monoisotopic (exact) mass is 444 g/mol. The molecule has 0 saturated carbocycles. The van der Waals surface area contributed by atoms with E-state index in [1.807, 2.05) is 6.07 Å². The number of rotatable bonds is 9. The van der Waals surface area contributed by atoms with E-state index in [1.54, 1.807) is 31.2 Å². The molecule has 0 bridgehead atoms. The van der Waals surface area contributed by atoms with E-state index in [2.05, 4.69) is 5.32 Å². The van der Waals surface area contributed by atoms with Crippen molar-refractivity contribution in [3.8, 4) is 23.3 Å². The van der Waals surface area contributed by atoms with Gasteiger partial charge in [-0.2, -0.15) is 5.26 Å². The van der Waals surface area contributed by atoms with Crippen molar-refractivity contribution in [2.45, 2.75) is 6.92 Å². The zero-order valence-electron chi connectivity index (χ0n) is 17.2. The molecule has 0 aliphatic heterocycles. The first-order valence-corrected chi connectivity index (χ1v) is 9.52. The summed E-state index contributed by atoms with van der Waals surface area (Å²) in [4.78, 5) is 24.0. The summed E-state index contributed by atoms with van der Waals surface area (Å²) in [6.07, 6.45) is 1.36. The van der Waals surface area contributed by atoms with Gasteiger partial charge in [0.2, 0.25) is 0 Å². The summed E-state index contributed by atoms with van der Waals surface area (Å²) in [7, 11) is 2.94. The number of hydrogen-bond acceptors (Lipinski definition) is 7. The Labute approximate surface area is 184 Å². The second-order valence-corrected chi connectivity index (χ2v) is 6.39. The molecular formula is C22H21ClN2O6. The highest BCUT2D eigenvalue weighted by Gasteiger charge is 2.16. The van der Waals surface area contributed by atoms with Gasteiger partial charge >= 0.3 is 5.97 Å². The molecule has 0 fully saturated rings. The molecule has 0 atom stereocenters. The Morgan fingerprint density at radius 1 is 1.16 bits per heavy atom. The molecule has 0 saturated heterocycles. The molecule has 2 aromatic rings. The van der Waals surface area contributed by atoms with Crippen molar-refractivity contribution in [1.82, 2.24) is 0 Å². The van der Waals surface area contributed by atoms with Gasteiger partial charge in [0.15, 0.2) is 18.1 Å². The maximum atomic E-state index is 12.5. The van der Waals surface area contributed by atoms with Crippen LogP contribution in [0.5, 0.6) is 17.2 Å². The number of ether oxygens (including phenoxy) is 4. The Morgan fingerprint density at radius 3 is 2.45 bits per heavy atom. The minimum absolute atomic E-state index is 0.141. The average molecular weight is 445 g/mol. The molecule has 0 aromatic heterocycles. The Kier molecular flexibility index (Phi) is 8.73. The van der Waals surface area contributed by atoms with Gasteiger partial charge in [-0.3, -0.25) is 4.79 Å². The third-order valence-electron chi connectivity index (χ3n) is 3.92. The second-order valence-electron chi connectivity index (χ2n) is 5.98. The standard InChI is InChI=1S/C22H21ClN2O6/c1-4-30-20(26)13-31-21-18(23)10-14(11-19(21)29-3)9-15(12-24)22(27)25-16-5-7-17(28-2)8-6-16/h5-11H,4,13H2,1-3H3,(H,25,27)/b15-9-. The van der Waals surface area contributed by atoms with Gasteiger partial charge in [0, 0.05) is 5.69 Å². The van der Waals surface area contributed by atoms with Crippen molar-refractivity contribution in [3.63, 3.8) is 0 Å². The van der Waals surface area contributed by atoms with Gasteiger partial charge in [-0.15, -0.1) is 0 Å². The molecule has 162 valence electrons. The quantitative estimate of drug-likeness (QED) is 0.355. The smallest absolute Gasteiger partial charge is 0.344 e. The average Bonchev–Trinajstić information content (AvgIpc) is 2.76. The zero-order valence-corrected chi connectivity index (χ0v) is 18.0. The summed E-state index contributed by atoms with van der Waals surface area (Å²) in [5, 5.41) is 12.2. The molecule has 0 heterocycles. The molecular weight excluding hydrogens is 424 g/mol. The molecule has 0 aliphatic rings. The van der Waals surface area contributed by atoms with Crippen molar-refractivity contribution >= 4 is 35.2 Å². The lowest BCUT2D eigenvalue weighted by molar-refractivity contribution is -0.145. The maximum Gasteiger partial charge on any atom is 0.344 e. The number of halogens is 1.